The first-order valence-electron chi connectivity index (χ1n) is 5.98. The number of hydrogen-bond acceptors (Lipinski definition) is 4. The zero-order chi connectivity index (χ0) is 15.0. The third-order valence-corrected chi connectivity index (χ3v) is 4.90. The van der Waals surface area contributed by atoms with Crippen LogP contribution in [0.3, 0.4) is 0 Å². The molecule has 0 aliphatic heterocycles. The molecule has 0 aliphatic carbocycles. The summed E-state index contributed by atoms with van der Waals surface area (Å²) in [5, 5.41) is 0.662. The Morgan fingerprint density at radius 1 is 1.00 bits per heavy atom. The Kier molecular flexibility index (Phi) is 3.27. The number of hydrogen-bond donors (Lipinski definition) is 0. The van der Waals surface area contributed by atoms with E-state index >= 15 is 0 Å². The SMILES string of the molecule is O=c1c2ccccc2ncn1S(=O)(=O)c1ccc(Cl)cc1. The average molecular weight is 321 g/mol. The summed E-state index contributed by atoms with van der Waals surface area (Å²) in [6, 6.07) is 12.2. The summed E-state index contributed by atoms with van der Waals surface area (Å²) in [5.74, 6) is 0. The van der Waals surface area contributed by atoms with Gasteiger partial charge in [0, 0.05) is 5.02 Å². The molecule has 106 valence electrons. The van der Waals surface area contributed by atoms with Crippen LogP contribution in [0.2, 0.25) is 5.02 Å². The molecule has 0 atom stereocenters. The first kappa shape index (κ1) is 13.8. The lowest BCUT2D eigenvalue weighted by molar-refractivity contribution is 0.585. The molecule has 1 aromatic heterocycles. The third kappa shape index (κ3) is 2.32. The minimum atomic E-state index is -3.99. The molecule has 7 heteroatoms. The molecule has 3 rings (SSSR count). The number of para-hydroxylation sites is 1. The number of aromatic nitrogens is 2. The molecule has 21 heavy (non-hydrogen) atoms. The lowest BCUT2D eigenvalue weighted by Crippen LogP contribution is -2.27. The highest BCUT2D eigenvalue weighted by Crippen LogP contribution is 2.16. The first-order valence-corrected chi connectivity index (χ1v) is 7.79. The Morgan fingerprint density at radius 3 is 2.38 bits per heavy atom. The quantitative estimate of drug-likeness (QED) is 0.726. The predicted molar refractivity (Wildman–Crippen MR) is 80.0 cm³/mol. The molecule has 0 saturated heterocycles. The normalized spacial score (nSPS) is 11.7. The van der Waals surface area contributed by atoms with Crippen LogP contribution in [0.25, 0.3) is 10.9 Å². The Labute approximate surface area is 125 Å². The zero-order valence-electron chi connectivity index (χ0n) is 10.6. The van der Waals surface area contributed by atoms with E-state index in [1.54, 1.807) is 24.3 Å². The van der Waals surface area contributed by atoms with Crippen molar-refractivity contribution >= 4 is 32.5 Å². The summed E-state index contributed by atoms with van der Waals surface area (Å²) >= 11 is 5.74. The number of fused-ring (bicyclic) bond motifs is 1. The number of rotatable bonds is 2. The molecule has 3 aromatic rings. The van der Waals surface area contributed by atoms with Gasteiger partial charge in [0.15, 0.2) is 0 Å². The van der Waals surface area contributed by atoms with Crippen LogP contribution in [0.5, 0.6) is 0 Å². The van der Waals surface area contributed by atoms with Crippen molar-refractivity contribution in [1.82, 2.24) is 8.96 Å². The molecule has 5 nitrogen and oxygen atoms in total. The fourth-order valence-electron chi connectivity index (χ4n) is 1.94. The van der Waals surface area contributed by atoms with Crippen molar-refractivity contribution in [3.8, 4) is 0 Å². The fourth-order valence-corrected chi connectivity index (χ4v) is 3.27. The minimum absolute atomic E-state index is 0.0221. The second-order valence-electron chi connectivity index (χ2n) is 4.32. The van der Waals surface area contributed by atoms with Crippen molar-refractivity contribution < 1.29 is 8.42 Å². The molecule has 0 aliphatic rings. The van der Waals surface area contributed by atoms with Crippen LogP contribution in [0.4, 0.5) is 0 Å². The van der Waals surface area contributed by atoms with Gasteiger partial charge in [-0.05, 0) is 36.4 Å². The van der Waals surface area contributed by atoms with Crippen molar-refractivity contribution in [2.75, 3.05) is 0 Å². The van der Waals surface area contributed by atoms with Crippen molar-refractivity contribution in [3.63, 3.8) is 0 Å². The van der Waals surface area contributed by atoms with Gasteiger partial charge in [0.1, 0.15) is 6.33 Å². The molecule has 0 saturated carbocycles. The van der Waals surface area contributed by atoms with Gasteiger partial charge in [-0.3, -0.25) is 4.79 Å². The van der Waals surface area contributed by atoms with Crippen molar-refractivity contribution in [2.24, 2.45) is 0 Å². The summed E-state index contributed by atoms with van der Waals surface area (Å²) in [5.41, 5.74) is -0.180. The highest BCUT2D eigenvalue weighted by atomic mass is 35.5. The molecule has 0 unspecified atom stereocenters. The number of halogens is 1. The summed E-state index contributed by atoms with van der Waals surface area (Å²) in [6.07, 6.45) is 1.02. The molecule has 0 radical (unpaired) electrons. The summed E-state index contributed by atoms with van der Waals surface area (Å²) < 4.78 is 25.6. The van der Waals surface area contributed by atoms with Crippen LogP contribution < -0.4 is 5.56 Å². The maximum atomic E-state index is 12.5. The van der Waals surface area contributed by atoms with E-state index in [1.165, 1.54) is 24.3 Å². The number of nitrogens with zero attached hydrogens (tertiary/aromatic N) is 2. The van der Waals surface area contributed by atoms with Crippen LogP contribution in [0.1, 0.15) is 0 Å². The van der Waals surface area contributed by atoms with Gasteiger partial charge < -0.3 is 0 Å². The fraction of sp³-hybridized carbons (Fsp3) is 0. The van der Waals surface area contributed by atoms with Crippen LogP contribution in [-0.4, -0.2) is 17.4 Å². The lowest BCUT2D eigenvalue weighted by atomic mass is 10.2. The average Bonchev–Trinajstić information content (AvgIpc) is 2.48. The molecule has 0 spiro atoms. The topological polar surface area (TPSA) is 69.0 Å². The number of benzene rings is 2. The molecule has 0 bridgehead atoms. The van der Waals surface area contributed by atoms with Gasteiger partial charge in [-0.25, -0.2) is 13.4 Å². The van der Waals surface area contributed by atoms with E-state index in [-0.39, 0.29) is 10.3 Å². The predicted octanol–water partition coefficient (Wildman–Crippen LogP) is 2.29. The largest absolute Gasteiger partial charge is 0.275 e. The first-order chi connectivity index (χ1) is 10.00. The lowest BCUT2D eigenvalue weighted by Gasteiger charge is -2.08. The maximum Gasteiger partial charge on any atom is 0.275 e. The standard InChI is InChI=1S/C14H9ClN2O3S/c15-10-5-7-11(8-6-10)21(19,20)17-9-16-13-4-2-1-3-12(13)14(17)18/h1-9H. The zero-order valence-corrected chi connectivity index (χ0v) is 12.2. The second-order valence-corrected chi connectivity index (χ2v) is 6.57. The van der Waals surface area contributed by atoms with E-state index in [2.05, 4.69) is 4.98 Å². The van der Waals surface area contributed by atoms with Crippen LogP contribution in [0.15, 0.2) is 64.5 Å². The van der Waals surface area contributed by atoms with E-state index in [4.69, 9.17) is 11.6 Å². The monoisotopic (exact) mass is 320 g/mol. The van der Waals surface area contributed by atoms with Gasteiger partial charge in [-0.1, -0.05) is 23.7 Å². The van der Waals surface area contributed by atoms with E-state index < -0.39 is 15.6 Å². The van der Waals surface area contributed by atoms with E-state index in [0.717, 1.165) is 6.33 Å². The Balaban J connectivity index is 2.27. The second kappa shape index (κ2) is 4.98. The van der Waals surface area contributed by atoms with E-state index in [9.17, 15) is 13.2 Å². The molecule has 0 N–H and O–H groups in total. The highest BCUT2D eigenvalue weighted by Gasteiger charge is 2.19. The molecule has 0 fully saturated rings. The Hall–Kier alpha value is -2.18. The third-order valence-electron chi connectivity index (χ3n) is 3.01. The summed E-state index contributed by atoms with van der Waals surface area (Å²) in [4.78, 5) is 16.3. The molecular formula is C14H9ClN2O3S. The Bertz CT molecular complexity index is 979. The summed E-state index contributed by atoms with van der Waals surface area (Å²) in [7, 11) is -3.99. The van der Waals surface area contributed by atoms with Gasteiger partial charge in [-0.2, -0.15) is 3.97 Å². The maximum absolute atomic E-state index is 12.5. The van der Waals surface area contributed by atoms with Gasteiger partial charge in [-0.15, -0.1) is 0 Å². The van der Waals surface area contributed by atoms with Gasteiger partial charge in [0.2, 0.25) is 0 Å². The smallest absolute Gasteiger partial charge is 0.267 e. The minimum Gasteiger partial charge on any atom is -0.267 e. The van der Waals surface area contributed by atoms with Crippen molar-refractivity contribution in [3.05, 3.63) is 70.2 Å². The van der Waals surface area contributed by atoms with Crippen molar-refractivity contribution in [2.45, 2.75) is 4.90 Å². The van der Waals surface area contributed by atoms with Crippen LogP contribution in [-0.2, 0) is 10.0 Å². The Morgan fingerprint density at radius 2 is 1.67 bits per heavy atom. The summed E-state index contributed by atoms with van der Waals surface area (Å²) in [6.45, 7) is 0. The van der Waals surface area contributed by atoms with Crippen LogP contribution in [0, 0.1) is 0 Å². The van der Waals surface area contributed by atoms with E-state index in [1.807, 2.05) is 0 Å². The molecule has 1 heterocycles. The van der Waals surface area contributed by atoms with E-state index in [0.29, 0.717) is 14.5 Å². The van der Waals surface area contributed by atoms with Gasteiger partial charge in [0.05, 0.1) is 15.8 Å². The molecule has 2 aromatic carbocycles. The van der Waals surface area contributed by atoms with Gasteiger partial charge >= 0.3 is 0 Å². The highest BCUT2D eigenvalue weighted by molar-refractivity contribution is 7.90. The van der Waals surface area contributed by atoms with Crippen molar-refractivity contribution in [1.29, 1.82) is 0 Å². The molecular weight excluding hydrogens is 312 g/mol. The van der Waals surface area contributed by atoms with Crippen LogP contribution >= 0.6 is 11.6 Å². The van der Waals surface area contributed by atoms with Gasteiger partial charge in [0.25, 0.3) is 15.6 Å². The molecule has 0 amide bonds.